The lowest BCUT2D eigenvalue weighted by atomic mass is 9.71. The molecule has 1 aromatic rings. The van der Waals surface area contributed by atoms with E-state index in [-0.39, 0.29) is 11.8 Å². The van der Waals surface area contributed by atoms with Crippen LogP contribution in [0.3, 0.4) is 0 Å². The van der Waals surface area contributed by atoms with Crippen molar-refractivity contribution >= 4 is 11.7 Å². The van der Waals surface area contributed by atoms with Gasteiger partial charge in [-0.15, -0.1) is 0 Å². The van der Waals surface area contributed by atoms with E-state index >= 15 is 0 Å². The molecule has 1 aliphatic carbocycles. The van der Waals surface area contributed by atoms with Crippen LogP contribution < -0.4 is 5.32 Å². The first kappa shape index (κ1) is 15.8. The second kappa shape index (κ2) is 6.46. The molecule has 2 atom stereocenters. The molecular formula is C17H24FNO2. The van der Waals surface area contributed by atoms with E-state index in [1.54, 1.807) is 12.1 Å². The average molecular weight is 293 g/mol. The fourth-order valence-electron chi connectivity index (χ4n) is 3.24. The Morgan fingerprint density at radius 3 is 2.62 bits per heavy atom. The van der Waals surface area contributed by atoms with Gasteiger partial charge in [0.25, 0.3) is 0 Å². The van der Waals surface area contributed by atoms with Gasteiger partial charge >= 0.3 is 5.97 Å². The first-order valence-electron chi connectivity index (χ1n) is 7.59. The molecule has 1 aromatic carbocycles. The number of anilines is 1. The van der Waals surface area contributed by atoms with E-state index in [0.717, 1.165) is 31.4 Å². The number of benzene rings is 1. The van der Waals surface area contributed by atoms with Gasteiger partial charge < -0.3 is 10.1 Å². The molecule has 0 aromatic heterocycles. The number of hydrogen-bond acceptors (Lipinski definition) is 3. The Labute approximate surface area is 125 Å². The summed E-state index contributed by atoms with van der Waals surface area (Å²) < 4.78 is 18.1. The topological polar surface area (TPSA) is 38.3 Å². The number of hydrogen-bond donors (Lipinski definition) is 1. The summed E-state index contributed by atoms with van der Waals surface area (Å²) in [5.41, 5.74) is 0.0611. The van der Waals surface area contributed by atoms with Gasteiger partial charge in [-0.2, -0.15) is 0 Å². The summed E-state index contributed by atoms with van der Waals surface area (Å²) in [6.45, 7) is 4.38. The van der Waals surface area contributed by atoms with Crippen LogP contribution >= 0.6 is 0 Å². The second-order valence-corrected chi connectivity index (χ2v) is 6.31. The molecule has 2 unspecified atom stereocenters. The Hall–Kier alpha value is -1.58. The fraction of sp³-hybridized carbons (Fsp3) is 0.588. The summed E-state index contributed by atoms with van der Waals surface area (Å²) in [6.07, 6.45) is 3.64. The molecule has 1 N–H and O–H groups in total. The van der Waals surface area contributed by atoms with Gasteiger partial charge in [-0.25, -0.2) is 9.18 Å². The van der Waals surface area contributed by atoms with E-state index in [9.17, 15) is 9.18 Å². The Bertz CT molecular complexity index is 486. The Morgan fingerprint density at radius 2 is 2.05 bits per heavy atom. The molecule has 0 heterocycles. The lowest BCUT2D eigenvalue weighted by Crippen LogP contribution is -2.51. The number of carbonyl (C=O) groups is 1. The van der Waals surface area contributed by atoms with Crippen molar-refractivity contribution in [3.05, 3.63) is 30.1 Å². The van der Waals surface area contributed by atoms with Gasteiger partial charge in [-0.3, -0.25) is 0 Å². The first-order valence-corrected chi connectivity index (χ1v) is 7.59. The highest BCUT2D eigenvalue weighted by molar-refractivity contribution is 5.84. The Balaban J connectivity index is 2.24. The number of nitrogens with one attached hydrogen (secondary N) is 1. The minimum atomic E-state index is -0.695. The lowest BCUT2D eigenvalue weighted by Gasteiger charge is -2.41. The Kier molecular flexibility index (Phi) is 4.86. The third-order valence-corrected chi connectivity index (χ3v) is 4.54. The molecule has 4 heteroatoms. The Morgan fingerprint density at radius 1 is 1.38 bits per heavy atom. The van der Waals surface area contributed by atoms with Crippen LogP contribution in [0.25, 0.3) is 0 Å². The highest BCUT2D eigenvalue weighted by atomic mass is 19.1. The predicted octanol–water partition coefficient (Wildman–Crippen LogP) is 4.00. The van der Waals surface area contributed by atoms with Gasteiger partial charge in [0, 0.05) is 5.69 Å². The van der Waals surface area contributed by atoms with Gasteiger partial charge in [0.15, 0.2) is 0 Å². The summed E-state index contributed by atoms with van der Waals surface area (Å²) in [4.78, 5) is 12.4. The quantitative estimate of drug-likeness (QED) is 0.853. The summed E-state index contributed by atoms with van der Waals surface area (Å²) >= 11 is 0. The van der Waals surface area contributed by atoms with E-state index in [1.807, 2.05) is 0 Å². The largest absolute Gasteiger partial charge is 0.467 e. The molecule has 0 saturated heterocycles. The molecule has 0 spiro atoms. The standard InChI is InChI=1S/C17H24FNO2/c1-12(2)13-5-4-10-17(11-13,16(20)21-3)19-15-8-6-14(18)7-9-15/h6-9,12-13,19H,4-5,10-11H2,1-3H3. The normalized spacial score (nSPS) is 25.7. The zero-order valence-corrected chi connectivity index (χ0v) is 13.0. The molecule has 1 fully saturated rings. The van der Waals surface area contributed by atoms with Crippen molar-refractivity contribution in [3.63, 3.8) is 0 Å². The third-order valence-electron chi connectivity index (χ3n) is 4.54. The van der Waals surface area contributed by atoms with Crippen molar-refractivity contribution in [2.45, 2.75) is 45.1 Å². The van der Waals surface area contributed by atoms with Crippen molar-refractivity contribution in [1.82, 2.24) is 0 Å². The van der Waals surface area contributed by atoms with Crippen LogP contribution in [-0.4, -0.2) is 18.6 Å². The van der Waals surface area contributed by atoms with E-state index in [4.69, 9.17) is 4.74 Å². The zero-order valence-electron chi connectivity index (χ0n) is 13.0. The monoisotopic (exact) mass is 293 g/mol. The van der Waals surface area contributed by atoms with Crippen molar-refractivity contribution in [3.8, 4) is 0 Å². The first-order chi connectivity index (χ1) is 9.97. The summed E-state index contributed by atoms with van der Waals surface area (Å²) in [6, 6.07) is 6.13. The van der Waals surface area contributed by atoms with Crippen LogP contribution in [0.2, 0.25) is 0 Å². The van der Waals surface area contributed by atoms with Crippen molar-refractivity contribution in [2.24, 2.45) is 11.8 Å². The fourth-order valence-corrected chi connectivity index (χ4v) is 3.24. The average Bonchev–Trinajstić information content (AvgIpc) is 2.49. The number of carbonyl (C=O) groups excluding carboxylic acids is 1. The summed E-state index contributed by atoms with van der Waals surface area (Å²) in [5, 5.41) is 3.32. The zero-order chi connectivity index (χ0) is 15.5. The molecule has 116 valence electrons. The van der Waals surface area contributed by atoms with E-state index in [1.165, 1.54) is 19.2 Å². The van der Waals surface area contributed by atoms with Gasteiger partial charge in [0.1, 0.15) is 11.4 Å². The molecular weight excluding hydrogens is 269 g/mol. The van der Waals surface area contributed by atoms with Crippen LogP contribution in [0.5, 0.6) is 0 Å². The third kappa shape index (κ3) is 3.55. The van der Waals surface area contributed by atoms with Crippen LogP contribution in [-0.2, 0) is 9.53 Å². The summed E-state index contributed by atoms with van der Waals surface area (Å²) in [7, 11) is 1.43. The number of rotatable bonds is 4. The van der Waals surface area contributed by atoms with Gasteiger partial charge in [0.2, 0.25) is 0 Å². The van der Waals surface area contributed by atoms with Crippen molar-refractivity contribution in [1.29, 1.82) is 0 Å². The highest BCUT2D eigenvalue weighted by Gasteiger charge is 2.44. The van der Waals surface area contributed by atoms with E-state index in [0.29, 0.717) is 11.8 Å². The SMILES string of the molecule is COC(=O)C1(Nc2ccc(F)cc2)CCCC(C(C)C)C1. The molecule has 0 aliphatic heterocycles. The van der Waals surface area contributed by atoms with Crippen LogP contribution in [0.15, 0.2) is 24.3 Å². The van der Waals surface area contributed by atoms with Crippen molar-refractivity contribution in [2.75, 3.05) is 12.4 Å². The minimum Gasteiger partial charge on any atom is -0.467 e. The maximum atomic E-state index is 13.0. The maximum absolute atomic E-state index is 13.0. The number of halogens is 1. The number of ether oxygens (including phenoxy) is 1. The minimum absolute atomic E-state index is 0.225. The number of esters is 1. The highest BCUT2D eigenvalue weighted by Crippen LogP contribution is 2.39. The van der Waals surface area contributed by atoms with Gasteiger partial charge in [-0.1, -0.05) is 20.3 Å². The molecule has 0 amide bonds. The molecule has 0 radical (unpaired) electrons. The molecule has 21 heavy (non-hydrogen) atoms. The molecule has 1 saturated carbocycles. The van der Waals surface area contributed by atoms with Crippen LogP contribution in [0.4, 0.5) is 10.1 Å². The van der Waals surface area contributed by atoms with Crippen molar-refractivity contribution < 1.29 is 13.9 Å². The molecule has 3 nitrogen and oxygen atoms in total. The second-order valence-electron chi connectivity index (χ2n) is 6.31. The van der Waals surface area contributed by atoms with Crippen LogP contribution in [0, 0.1) is 17.7 Å². The molecule has 0 bridgehead atoms. The van der Waals surface area contributed by atoms with Gasteiger partial charge in [-0.05, 0) is 55.4 Å². The van der Waals surface area contributed by atoms with Gasteiger partial charge in [0.05, 0.1) is 7.11 Å². The molecule has 1 aliphatic rings. The van der Waals surface area contributed by atoms with E-state index < -0.39 is 5.54 Å². The smallest absolute Gasteiger partial charge is 0.331 e. The number of methoxy groups -OCH3 is 1. The summed E-state index contributed by atoms with van der Waals surface area (Å²) in [5.74, 6) is 0.517. The lowest BCUT2D eigenvalue weighted by molar-refractivity contribution is -0.148. The van der Waals surface area contributed by atoms with Crippen LogP contribution in [0.1, 0.15) is 39.5 Å². The molecule has 2 rings (SSSR count). The van der Waals surface area contributed by atoms with E-state index in [2.05, 4.69) is 19.2 Å². The predicted molar refractivity (Wildman–Crippen MR) is 81.6 cm³/mol. The maximum Gasteiger partial charge on any atom is 0.331 e.